The third-order valence-corrected chi connectivity index (χ3v) is 3.71. The van der Waals surface area contributed by atoms with Crippen molar-refractivity contribution in [3.8, 4) is 6.07 Å². The number of carbonyl (C=O) groups is 1. The van der Waals surface area contributed by atoms with Gasteiger partial charge in [0, 0.05) is 0 Å². The minimum Gasteiger partial charge on any atom is -0.374 e. The molecule has 20 heavy (non-hydrogen) atoms. The number of halogens is 2. The molecule has 1 unspecified atom stereocenters. The van der Waals surface area contributed by atoms with Gasteiger partial charge < -0.3 is 10.6 Å². The summed E-state index contributed by atoms with van der Waals surface area (Å²) in [6, 6.07) is 6.66. The normalized spacial score (nSPS) is 16.9. The Bertz CT molecular complexity index is 568. The van der Waals surface area contributed by atoms with Crippen molar-refractivity contribution in [3.05, 3.63) is 29.0 Å². The van der Waals surface area contributed by atoms with Crippen molar-refractivity contribution in [2.45, 2.75) is 25.3 Å². The van der Waals surface area contributed by atoms with Gasteiger partial charge in [-0.05, 0) is 37.8 Å². The van der Waals surface area contributed by atoms with Crippen LogP contribution in [-0.4, -0.2) is 18.0 Å². The summed E-state index contributed by atoms with van der Waals surface area (Å²) in [5.41, 5.74) is -0.677. The van der Waals surface area contributed by atoms with Gasteiger partial charge in [-0.2, -0.15) is 5.26 Å². The predicted octanol–water partition coefficient (Wildman–Crippen LogP) is 2.70. The first-order chi connectivity index (χ1) is 9.46. The molecule has 0 bridgehead atoms. The van der Waals surface area contributed by atoms with E-state index in [2.05, 4.69) is 16.7 Å². The molecule has 2 N–H and O–H groups in total. The van der Waals surface area contributed by atoms with Crippen molar-refractivity contribution < 1.29 is 9.18 Å². The number of amides is 1. The molecule has 1 aliphatic carbocycles. The second kappa shape index (κ2) is 5.68. The van der Waals surface area contributed by atoms with E-state index < -0.39 is 11.4 Å². The quantitative estimate of drug-likeness (QED) is 0.878. The van der Waals surface area contributed by atoms with E-state index in [1.807, 2.05) is 0 Å². The largest absolute Gasteiger partial charge is 0.374 e. The molecule has 0 radical (unpaired) electrons. The molecule has 106 valence electrons. The molecule has 6 heteroatoms. The average Bonchev–Trinajstić information content (AvgIpc) is 3.25. The predicted molar refractivity (Wildman–Crippen MR) is 74.8 cm³/mol. The maximum Gasteiger partial charge on any atom is 0.240 e. The number of hydrogen-bond donors (Lipinski definition) is 2. The molecule has 1 aromatic carbocycles. The van der Waals surface area contributed by atoms with Gasteiger partial charge >= 0.3 is 0 Å². The van der Waals surface area contributed by atoms with E-state index in [9.17, 15) is 9.18 Å². The van der Waals surface area contributed by atoms with Crippen LogP contribution in [0.1, 0.15) is 19.8 Å². The molecule has 0 heterocycles. The molecule has 0 aromatic heterocycles. The Morgan fingerprint density at radius 2 is 2.30 bits per heavy atom. The Morgan fingerprint density at radius 3 is 2.90 bits per heavy atom. The summed E-state index contributed by atoms with van der Waals surface area (Å²) < 4.78 is 13.6. The fourth-order valence-electron chi connectivity index (χ4n) is 2.03. The first kappa shape index (κ1) is 14.6. The highest BCUT2D eigenvalue weighted by molar-refractivity contribution is 6.31. The van der Waals surface area contributed by atoms with Crippen molar-refractivity contribution in [2.24, 2.45) is 5.92 Å². The standard InChI is InChI=1S/C14H15ClFN3O/c1-14(8-17,9-5-6-9)19-12(20)7-18-11-4-2-3-10(15)13(11)16/h2-4,9,18H,5-7H2,1H3,(H,19,20). The third kappa shape index (κ3) is 3.20. The van der Waals surface area contributed by atoms with E-state index in [1.54, 1.807) is 13.0 Å². The van der Waals surface area contributed by atoms with Crippen molar-refractivity contribution in [3.63, 3.8) is 0 Å². The van der Waals surface area contributed by atoms with Gasteiger partial charge in [-0.25, -0.2) is 4.39 Å². The molecular weight excluding hydrogens is 281 g/mol. The van der Waals surface area contributed by atoms with Gasteiger partial charge in [0.25, 0.3) is 0 Å². The molecule has 1 amide bonds. The SMILES string of the molecule is CC(C#N)(NC(=O)CNc1cccc(Cl)c1F)C1CC1. The summed E-state index contributed by atoms with van der Waals surface area (Å²) in [7, 11) is 0. The monoisotopic (exact) mass is 295 g/mol. The molecule has 2 rings (SSSR count). The number of rotatable bonds is 5. The molecule has 1 fully saturated rings. The lowest BCUT2D eigenvalue weighted by atomic mass is 9.98. The first-order valence-corrected chi connectivity index (χ1v) is 6.74. The van der Waals surface area contributed by atoms with Gasteiger partial charge in [0.05, 0.1) is 23.3 Å². The fourth-order valence-corrected chi connectivity index (χ4v) is 2.21. The summed E-state index contributed by atoms with van der Waals surface area (Å²) in [6.07, 6.45) is 1.89. The minimum absolute atomic E-state index is 0.00440. The van der Waals surface area contributed by atoms with Crippen molar-refractivity contribution in [1.82, 2.24) is 5.32 Å². The van der Waals surface area contributed by atoms with E-state index in [-0.39, 0.29) is 29.1 Å². The Hall–Kier alpha value is -1.80. The Kier molecular flexibility index (Phi) is 4.15. The molecular formula is C14H15ClFN3O. The highest BCUT2D eigenvalue weighted by atomic mass is 35.5. The molecule has 0 aliphatic heterocycles. The minimum atomic E-state index is -0.842. The smallest absolute Gasteiger partial charge is 0.240 e. The second-order valence-corrected chi connectivity index (χ2v) is 5.50. The summed E-state index contributed by atoms with van der Waals surface area (Å²) >= 11 is 5.65. The van der Waals surface area contributed by atoms with Crippen LogP contribution in [0.3, 0.4) is 0 Å². The molecule has 1 aromatic rings. The molecule has 1 atom stereocenters. The molecule has 4 nitrogen and oxygen atoms in total. The van der Waals surface area contributed by atoms with Gasteiger partial charge in [0.2, 0.25) is 5.91 Å². The molecule has 1 aliphatic rings. The van der Waals surface area contributed by atoms with Gasteiger partial charge in [-0.1, -0.05) is 17.7 Å². The van der Waals surface area contributed by atoms with Crippen LogP contribution in [0.4, 0.5) is 10.1 Å². The van der Waals surface area contributed by atoms with Gasteiger partial charge in [-0.15, -0.1) is 0 Å². The first-order valence-electron chi connectivity index (χ1n) is 6.36. The lowest BCUT2D eigenvalue weighted by Gasteiger charge is -2.23. The highest BCUT2D eigenvalue weighted by Crippen LogP contribution is 2.39. The van der Waals surface area contributed by atoms with Crippen LogP contribution in [-0.2, 0) is 4.79 Å². The van der Waals surface area contributed by atoms with Crippen molar-refractivity contribution in [1.29, 1.82) is 5.26 Å². The number of anilines is 1. The van der Waals surface area contributed by atoms with Crippen LogP contribution in [0.5, 0.6) is 0 Å². The van der Waals surface area contributed by atoms with Crippen LogP contribution in [0.2, 0.25) is 5.02 Å². The van der Waals surface area contributed by atoms with E-state index in [4.69, 9.17) is 16.9 Å². The number of nitriles is 1. The zero-order valence-corrected chi connectivity index (χ0v) is 11.8. The van der Waals surface area contributed by atoms with E-state index in [0.717, 1.165) is 12.8 Å². The van der Waals surface area contributed by atoms with Crippen molar-refractivity contribution >= 4 is 23.2 Å². The Balaban J connectivity index is 1.92. The number of carbonyl (C=O) groups excluding carboxylic acids is 1. The van der Waals surface area contributed by atoms with Crippen LogP contribution < -0.4 is 10.6 Å². The number of hydrogen-bond acceptors (Lipinski definition) is 3. The lowest BCUT2D eigenvalue weighted by Crippen LogP contribution is -2.48. The van der Waals surface area contributed by atoms with Gasteiger partial charge in [0.1, 0.15) is 5.54 Å². The van der Waals surface area contributed by atoms with E-state index in [0.29, 0.717) is 0 Å². The third-order valence-electron chi connectivity index (χ3n) is 3.42. The zero-order valence-electron chi connectivity index (χ0n) is 11.0. The zero-order chi connectivity index (χ0) is 14.8. The number of nitrogens with one attached hydrogen (secondary N) is 2. The van der Waals surface area contributed by atoms with Crippen LogP contribution in [0.25, 0.3) is 0 Å². The van der Waals surface area contributed by atoms with E-state index in [1.165, 1.54) is 12.1 Å². The topological polar surface area (TPSA) is 64.9 Å². The lowest BCUT2D eigenvalue weighted by molar-refractivity contribution is -0.120. The second-order valence-electron chi connectivity index (χ2n) is 5.09. The van der Waals surface area contributed by atoms with Crippen molar-refractivity contribution in [2.75, 3.05) is 11.9 Å². The van der Waals surface area contributed by atoms with Crippen LogP contribution in [0.15, 0.2) is 18.2 Å². The van der Waals surface area contributed by atoms with Gasteiger partial charge in [0.15, 0.2) is 5.82 Å². The Morgan fingerprint density at radius 1 is 1.60 bits per heavy atom. The summed E-state index contributed by atoms with van der Waals surface area (Å²) in [4.78, 5) is 11.8. The van der Waals surface area contributed by atoms with E-state index >= 15 is 0 Å². The van der Waals surface area contributed by atoms with Crippen LogP contribution in [0, 0.1) is 23.1 Å². The Labute approximate surface area is 121 Å². The molecule has 0 spiro atoms. The average molecular weight is 296 g/mol. The van der Waals surface area contributed by atoms with Crippen LogP contribution >= 0.6 is 11.6 Å². The maximum absolute atomic E-state index is 13.6. The number of nitrogens with zero attached hydrogens (tertiary/aromatic N) is 1. The summed E-state index contributed by atoms with van der Waals surface area (Å²) in [5.74, 6) is -0.730. The summed E-state index contributed by atoms with van der Waals surface area (Å²) in [5, 5.41) is 14.5. The summed E-state index contributed by atoms with van der Waals surface area (Å²) in [6.45, 7) is 1.60. The fraction of sp³-hybridized carbons (Fsp3) is 0.429. The molecule has 1 saturated carbocycles. The number of benzene rings is 1. The maximum atomic E-state index is 13.6. The van der Waals surface area contributed by atoms with Gasteiger partial charge in [-0.3, -0.25) is 4.79 Å². The molecule has 0 saturated heterocycles. The highest BCUT2D eigenvalue weighted by Gasteiger charge is 2.42.